The van der Waals surface area contributed by atoms with Gasteiger partial charge in [-0.05, 0) is 50.8 Å². The molecule has 2 aliphatic rings. The Balaban J connectivity index is 0.00000280. The van der Waals surface area contributed by atoms with Crippen LogP contribution in [0.15, 0.2) is 24.3 Å². The number of amides is 2. The van der Waals surface area contributed by atoms with Crippen molar-refractivity contribution in [2.45, 2.75) is 44.9 Å². The molecule has 0 spiro atoms. The average Bonchev–Trinajstić information content (AvgIpc) is 3.27. The van der Waals surface area contributed by atoms with Crippen LogP contribution in [-0.4, -0.2) is 59.9 Å². The number of para-hydroxylation sites is 1. The molecule has 0 bridgehead atoms. The molecule has 2 heterocycles. The monoisotopic (exact) mass is 417 g/mol. The smallest absolute Gasteiger partial charge is 0.387 e. The molecule has 2 saturated heterocycles. The Hall–Kier alpha value is -1.93. The van der Waals surface area contributed by atoms with E-state index in [0.717, 1.165) is 6.42 Å². The van der Waals surface area contributed by atoms with Crippen molar-refractivity contribution in [3.63, 3.8) is 0 Å². The molecule has 6 nitrogen and oxygen atoms in total. The van der Waals surface area contributed by atoms with Crippen LogP contribution >= 0.6 is 12.4 Å². The van der Waals surface area contributed by atoms with E-state index in [2.05, 4.69) is 4.74 Å². The lowest BCUT2D eigenvalue weighted by Gasteiger charge is -2.30. The van der Waals surface area contributed by atoms with E-state index < -0.39 is 18.6 Å². The summed E-state index contributed by atoms with van der Waals surface area (Å²) in [5.74, 6) is -0.441. The van der Waals surface area contributed by atoms with Gasteiger partial charge in [-0.25, -0.2) is 0 Å². The van der Waals surface area contributed by atoms with Crippen molar-refractivity contribution in [3.8, 4) is 5.75 Å². The van der Waals surface area contributed by atoms with Crippen molar-refractivity contribution >= 4 is 24.2 Å². The Labute approximate surface area is 169 Å². The fraction of sp³-hybridized carbons (Fsp3) is 0.579. The molecule has 2 fully saturated rings. The number of carbonyl (C=O) groups excluding carboxylic acids is 2. The predicted octanol–water partition coefficient (Wildman–Crippen LogP) is 2.51. The largest absolute Gasteiger partial charge is 0.434 e. The quantitative estimate of drug-likeness (QED) is 0.798. The van der Waals surface area contributed by atoms with Gasteiger partial charge >= 0.3 is 6.61 Å². The van der Waals surface area contributed by atoms with Gasteiger partial charge < -0.3 is 20.3 Å². The van der Waals surface area contributed by atoms with E-state index >= 15 is 0 Å². The molecule has 3 unspecified atom stereocenters. The number of carbonyl (C=O) groups is 2. The lowest BCUT2D eigenvalue weighted by atomic mass is 10.1. The normalized spacial score (nSPS) is 24.4. The van der Waals surface area contributed by atoms with E-state index in [1.807, 2.05) is 6.92 Å². The van der Waals surface area contributed by atoms with Crippen molar-refractivity contribution < 1.29 is 23.1 Å². The summed E-state index contributed by atoms with van der Waals surface area (Å²) in [7, 11) is 0. The first kappa shape index (κ1) is 22.4. The third-order valence-corrected chi connectivity index (χ3v) is 5.41. The maximum Gasteiger partial charge on any atom is 0.387 e. The van der Waals surface area contributed by atoms with Gasteiger partial charge in [0.1, 0.15) is 11.8 Å². The third kappa shape index (κ3) is 4.55. The number of rotatable bonds is 5. The topological polar surface area (TPSA) is 75.9 Å². The highest BCUT2D eigenvalue weighted by Gasteiger charge is 2.41. The van der Waals surface area contributed by atoms with Gasteiger partial charge in [0.05, 0.1) is 5.56 Å². The zero-order valence-corrected chi connectivity index (χ0v) is 16.5. The van der Waals surface area contributed by atoms with E-state index in [-0.39, 0.29) is 41.6 Å². The van der Waals surface area contributed by atoms with Crippen LogP contribution in [0.25, 0.3) is 0 Å². The highest BCUT2D eigenvalue weighted by Crippen LogP contribution is 2.30. The Kier molecular flexibility index (Phi) is 7.60. The molecule has 0 aliphatic carbocycles. The summed E-state index contributed by atoms with van der Waals surface area (Å²) in [6, 6.07) is 5.41. The zero-order valence-electron chi connectivity index (χ0n) is 15.7. The van der Waals surface area contributed by atoms with Crippen molar-refractivity contribution in [1.82, 2.24) is 9.80 Å². The number of benzene rings is 1. The van der Waals surface area contributed by atoms with E-state index in [1.54, 1.807) is 11.0 Å². The Morgan fingerprint density at radius 1 is 1.29 bits per heavy atom. The molecule has 28 heavy (non-hydrogen) atoms. The molecule has 0 aromatic heterocycles. The second kappa shape index (κ2) is 9.52. The zero-order chi connectivity index (χ0) is 19.6. The maximum absolute atomic E-state index is 13.1. The number of likely N-dealkylation sites (tertiary alicyclic amines) is 2. The molecule has 3 atom stereocenters. The van der Waals surface area contributed by atoms with Gasteiger partial charge in [0.15, 0.2) is 0 Å². The summed E-state index contributed by atoms with van der Waals surface area (Å²) in [5, 5.41) is 0. The highest BCUT2D eigenvalue weighted by atomic mass is 35.5. The van der Waals surface area contributed by atoms with Crippen LogP contribution in [0, 0.1) is 5.92 Å². The van der Waals surface area contributed by atoms with E-state index in [0.29, 0.717) is 32.5 Å². The van der Waals surface area contributed by atoms with Crippen LogP contribution in [0.3, 0.4) is 0 Å². The molecule has 0 saturated carbocycles. The Morgan fingerprint density at radius 3 is 2.64 bits per heavy atom. The molecular weight excluding hydrogens is 392 g/mol. The minimum absolute atomic E-state index is 0. The predicted molar refractivity (Wildman–Crippen MR) is 103 cm³/mol. The molecule has 2 amide bonds. The summed E-state index contributed by atoms with van der Waals surface area (Å²) >= 11 is 0. The first-order valence-corrected chi connectivity index (χ1v) is 9.27. The van der Waals surface area contributed by atoms with Crippen molar-refractivity contribution in [3.05, 3.63) is 29.8 Å². The number of ether oxygens (including phenoxy) is 1. The van der Waals surface area contributed by atoms with Gasteiger partial charge in [-0.2, -0.15) is 8.78 Å². The molecule has 2 aliphatic heterocycles. The third-order valence-electron chi connectivity index (χ3n) is 5.41. The fourth-order valence-corrected chi connectivity index (χ4v) is 4.07. The second-order valence-electron chi connectivity index (χ2n) is 7.21. The van der Waals surface area contributed by atoms with Crippen LogP contribution in [0.4, 0.5) is 8.78 Å². The summed E-state index contributed by atoms with van der Waals surface area (Å²) < 4.78 is 29.8. The van der Waals surface area contributed by atoms with Gasteiger partial charge in [-0.1, -0.05) is 12.1 Å². The lowest BCUT2D eigenvalue weighted by molar-refractivity contribution is -0.136. The number of nitrogens with two attached hydrogens (primary N) is 1. The molecule has 156 valence electrons. The number of alkyl halides is 2. The number of hydrogen-bond acceptors (Lipinski definition) is 4. The maximum atomic E-state index is 13.1. The number of halogens is 3. The first-order valence-electron chi connectivity index (χ1n) is 9.27. The van der Waals surface area contributed by atoms with E-state index in [4.69, 9.17) is 5.73 Å². The molecule has 3 rings (SSSR count). The minimum atomic E-state index is -3.02. The van der Waals surface area contributed by atoms with Gasteiger partial charge in [0.2, 0.25) is 5.91 Å². The minimum Gasteiger partial charge on any atom is -0.434 e. The van der Waals surface area contributed by atoms with Gasteiger partial charge in [-0.3, -0.25) is 9.59 Å². The first-order chi connectivity index (χ1) is 12.9. The molecule has 0 radical (unpaired) electrons. The summed E-state index contributed by atoms with van der Waals surface area (Å²) in [4.78, 5) is 29.3. The van der Waals surface area contributed by atoms with Crippen molar-refractivity contribution in [2.75, 3.05) is 19.6 Å². The van der Waals surface area contributed by atoms with Crippen LogP contribution in [0.2, 0.25) is 0 Å². The second-order valence-corrected chi connectivity index (χ2v) is 7.21. The van der Waals surface area contributed by atoms with Crippen molar-refractivity contribution in [1.29, 1.82) is 0 Å². The van der Waals surface area contributed by atoms with Crippen LogP contribution in [0.5, 0.6) is 5.75 Å². The van der Waals surface area contributed by atoms with E-state index in [9.17, 15) is 18.4 Å². The summed E-state index contributed by atoms with van der Waals surface area (Å²) in [5.41, 5.74) is 5.79. The summed E-state index contributed by atoms with van der Waals surface area (Å²) in [6.07, 6.45) is 2.12. The van der Waals surface area contributed by atoms with E-state index in [1.165, 1.54) is 23.1 Å². The molecule has 1 aromatic carbocycles. The molecule has 9 heteroatoms. The number of nitrogens with zero attached hydrogens (tertiary/aromatic N) is 2. The molecule has 1 aromatic rings. The lowest BCUT2D eigenvalue weighted by Crippen LogP contribution is -2.49. The highest BCUT2D eigenvalue weighted by molar-refractivity contribution is 6.00. The van der Waals surface area contributed by atoms with Crippen LogP contribution in [-0.2, 0) is 4.79 Å². The Morgan fingerprint density at radius 2 is 2.00 bits per heavy atom. The van der Waals surface area contributed by atoms with Gasteiger partial charge in [0.25, 0.3) is 5.91 Å². The van der Waals surface area contributed by atoms with Crippen molar-refractivity contribution in [2.24, 2.45) is 11.7 Å². The molecular formula is C19H26ClF2N3O3. The molecule has 2 N–H and O–H groups in total. The fourth-order valence-electron chi connectivity index (χ4n) is 4.07. The average molecular weight is 418 g/mol. The van der Waals surface area contributed by atoms with Gasteiger partial charge in [0, 0.05) is 19.1 Å². The summed E-state index contributed by atoms with van der Waals surface area (Å²) in [6.45, 7) is 0.509. The Bertz CT molecular complexity index is 707. The number of hydrogen-bond donors (Lipinski definition) is 1. The van der Waals surface area contributed by atoms with Crippen LogP contribution in [0.1, 0.15) is 36.5 Å². The SMILES string of the molecule is CC1CC(CN)CN1C(=O)C1CCCN1C(=O)c1ccccc1OC(F)F.Cl. The van der Waals surface area contributed by atoms with Gasteiger partial charge in [-0.15, -0.1) is 12.4 Å². The standard InChI is InChI=1S/C19H25F2N3O3.ClH/c1-12-9-13(10-22)11-24(12)18(26)15-6-4-8-23(15)17(25)14-5-2-3-7-16(14)27-19(20)21;/h2-3,5,7,12-13,15,19H,4,6,8-11,22H2,1H3;1H. The van der Waals surface area contributed by atoms with Crippen LogP contribution < -0.4 is 10.5 Å².